The molecule has 0 saturated heterocycles. The van der Waals surface area contributed by atoms with E-state index >= 15 is 0 Å². The standard InChI is InChI=1S/C13H17NO4/c1-3-18-12(16)8-14(2)13(17)11-6-4-10(9-15)5-7-11/h4-7,15H,3,8-9H2,1-2H3. The molecule has 0 fully saturated rings. The third-order valence-corrected chi connectivity index (χ3v) is 2.40. The number of amides is 1. The second-order valence-corrected chi connectivity index (χ2v) is 3.82. The van der Waals surface area contributed by atoms with Gasteiger partial charge in [0.25, 0.3) is 5.91 Å². The Labute approximate surface area is 106 Å². The number of benzene rings is 1. The van der Waals surface area contributed by atoms with Crippen LogP contribution >= 0.6 is 0 Å². The van der Waals surface area contributed by atoms with Gasteiger partial charge in [-0.05, 0) is 24.6 Å². The van der Waals surface area contributed by atoms with Crippen molar-refractivity contribution < 1.29 is 19.4 Å². The minimum atomic E-state index is -0.430. The first-order valence-electron chi connectivity index (χ1n) is 5.69. The van der Waals surface area contributed by atoms with Crippen LogP contribution in [0.25, 0.3) is 0 Å². The normalized spacial score (nSPS) is 9.94. The molecule has 1 N–H and O–H groups in total. The van der Waals surface area contributed by atoms with Gasteiger partial charge in [-0.3, -0.25) is 9.59 Å². The van der Waals surface area contributed by atoms with E-state index in [1.54, 1.807) is 38.2 Å². The molecule has 0 aliphatic rings. The van der Waals surface area contributed by atoms with Crippen LogP contribution in [0.5, 0.6) is 0 Å². The molecule has 1 amide bonds. The summed E-state index contributed by atoms with van der Waals surface area (Å²) >= 11 is 0. The van der Waals surface area contributed by atoms with Crippen molar-refractivity contribution in [3.8, 4) is 0 Å². The predicted octanol–water partition coefficient (Wildman–Crippen LogP) is 0.814. The number of carbonyl (C=O) groups is 2. The van der Waals surface area contributed by atoms with Crippen LogP contribution in [0.2, 0.25) is 0 Å². The number of esters is 1. The lowest BCUT2D eigenvalue weighted by Gasteiger charge is -2.16. The molecule has 0 atom stereocenters. The Kier molecular flexibility index (Phi) is 5.32. The van der Waals surface area contributed by atoms with Gasteiger partial charge in [0.2, 0.25) is 0 Å². The van der Waals surface area contributed by atoms with Gasteiger partial charge in [0.15, 0.2) is 0 Å². The van der Waals surface area contributed by atoms with Gasteiger partial charge in [0.05, 0.1) is 13.2 Å². The summed E-state index contributed by atoms with van der Waals surface area (Å²) in [6.45, 7) is 1.88. The van der Waals surface area contributed by atoms with Crippen LogP contribution in [-0.4, -0.2) is 42.1 Å². The van der Waals surface area contributed by atoms with Gasteiger partial charge in [-0.2, -0.15) is 0 Å². The molecule has 0 aliphatic carbocycles. The monoisotopic (exact) mass is 251 g/mol. The third-order valence-electron chi connectivity index (χ3n) is 2.40. The molecular weight excluding hydrogens is 234 g/mol. The highest BCUT2D eigenvalue weighted by molar-refractivity contribution is 5.95. The summed E-state index contributed by atoms with van der Waals surface area (Å²) in [5.41, 5.74) is 1.21. The molecule has 1 aromatic carbocycles. The van der Waals surface area contributed by atoms with Crippen molar-refractivity contribution in [2.45, 2.75) is 13.5 Å². The Balaban J connectivity index is 2.64. The van der Waals surface area contributed by atoms with Gasteiger partial charge in [0, 0.05) is 12.6 Å². The smallest absolute Gasteiger partial charge is 0.325 e. The number of carbonyl (C=O) groups excluding carboxylic acids is 2. The van der Waals surface area contributed by atoms with Crippen molar-refractivity contribution in [3.63, 3.8) is 0 Å². The zero-order valence-electron chi connectivity index (χ0n) is 10.5. The number of rotatable bonds is 5. The highest BCUT2D eigenvalue weighted by atomic mass is 16.5. The van der Waals surface area contributed by atoms with E-state index in [1.807, 2.05) is 0 Å². The highest BCUT2D eigenvalue weighted by Crippen LogP contribution is 2.07. The summed E-state index contributed by atoms with van der Waals surface area (Å²) in [5, 5.41) is 8.90. The molecule has 0 heterocycles. The molecule has 5 nitrogen and oxygen atoms in total. The molecule has 0 bridgehead atoms. The molecule has 0 unspecified atom stereocenters. The molecule has 0 aromatic heterocycles. The van der Waals surface area contributed by atoms with E-state index in [0.717, 1.165) is 5.56 Å². The van der Waals surface area contributed by atoms with Crippen LogP contribution in [0.4, 0.5) is 0 Å². The first-order chi connectivity index (χ1) is 8.58. The second kappa shape index (κ2) is 6.76. The molecule has 18 heavy (non-hydrogen) atoms. The lowest BCUT2D eigenvalue weighted by molar-refractivity contribution is -0.143. The average molecular weight is 251 g/mol. The van der Waals surface area contributed by atoms with Crippen LogP contribution in [0, 0.1) is 0 Å². The second-order valence-electron chi connectivity index (χ2n) is 3.82. The Hall–Kier alpha value is -1.88. The van der Waals surface area contributed by atoms with E-state index in [-0.39, 0.29) is 19.1 Å². The number of likely N-dealkylation sites (N-methyl/N-ethyl adjacent to an activating group) is 1. The Morgan fingerprint density at radius 3 is 2.39 bits per heavy atom. The van der Waals surface area contributed by atoms with Crippen molar-refractivity contribution >= 4 is 11.9 Å². The first kappa shape index (κ1) is 14.2. The fraction of sp³-hybridized carbons (Fsp3) is 0.385. The number of hydrogen-bond donors (Lipinski definition) is 1. The van der Waals surface area contributed by atoms with Gasteiger partial charge in [-0.1, -0.05) is 12.1 Å². The molecular formula is C13H17NO4. The number of aliphatic hydroxyl groups excluding tert-OH is 1. The summed E-state index contributed by atoms with van der Waals surface area (Å²) in [7, 11) is 1.54. The van der Waals surface area contributed by atoms with Crippen LogP contribution in [0.15, 0.2) is 24.3 Å². The average Bonchev–Trinajstić information content (AvgIpc) is 2.38. The minimum absolute atomic E-state index is 0.0624. The highest BCUT2D eigenvalue weighted by Gasteiger charge is 2.15. The third kappa shape index (κ3) is 3.85. The van der Waals surface area contributed by atoms with Gasteiger partial charge in [-0.15, -0.1) is 0 Å². The van der Waals surface area contributed by atoms with Crippen molar-refractivity contribution in [1.29, 1.82) is 0 Å². The van der Waals surface area contributed by atoms with Gasteiger partial charge in [-0.25, -0.2) is 0 Å². The van der Waals surface area contributed by atoms with Crippen LogP contribution in [0.1, 0.15) is 22.8 Å². The van der Waals surface area contributed by atoms with Gasteiger partial charge < -0.3 is 14.7 Å². The molecule has 0 saturated carbocycles. The number of ether oxygens (including phenoxy) is 1. The Bertz CT molecular complexity index is 414. The van der Waals surface area contributed by atoms with Crippen LogP contribution in [-0.2, 0) is 16.1 Å². The van der Waals surface area contributed by atoms with Gasteiger partial charge >= 0.3 is 5.97 Å². The van der Waals surface area contributed by atoms with Crippen LogP contribution in [0.3, 0.4) is 0 Å². The largest absolute Gasteiger partial charge is 0.465 e. The summed E-state index contributed by atoms with van der Waals surface area (Å²) < 4.78 is 4.77. The maximum Gasteiger partial charge on any atom is 0.325 e. The van der Waals surface area contributed by atoms with Crippen molar-refractivity contribution in [1.82, 2.24) is 4.90 Å². The van der Waals surface area contributed by atoms with E-state index in [1.165, 1.54) is 4.90 Å². The van der Waals surface area contributed by atoms with Crippen LogP contribution < -0.4 is 0 Å². The summed E-state index contributed by atoms with van der Waals surface area (Å²) in [6.07, 6.45) is 0. The van der Waals surface area contributed by atoms with Crippen molar-refractivity contribution in [2.75, 3.05) is 20.2 Å². The Morgan fingerprint density at radius 1 is 1.28 bits per heavy atom. The molecule has 0 radical (unpaired) electrons. The van der Waals surface area contributed by atoms with E-state index in [4.69, 9.17) is 9.84 Å². The summed E-state index contributed by atoms with van der Waals surface area (Å²) in [5.74, 6) is -0.687. The predicted molar refractivity (Wildman–Crippen MR) is 66.0 cm³/mol. The zero-order valence-corrected chi connectivity index (χ0v) is 10.5. The topological polar surface area (TPSA) is 66.8 Å². The molecule has 0 aliphatic heterocycles. The fourth-order valence-corrected chi connectivity index (χ4v) is 1.45. The zero-order chi connectivity index (χ0) is 13.5. The molecule has 5 heteroatoms. The van der Waals surface area contributed by atoms with Crippen molar-refractivity contribution in [2.24, 2.45) is 0 Å². The number of nitrogens with zero attached hydrogens (tertiary/aromatic N) is 1. The quantitative estimate of drug-likeness (QED) is 0.786. The van der Waals surface area contributed by atoms with E-state index in [2.05, 4.69) is 0 Å². The van der Waals surface area contributed by atoms with E-state index in [0.29, 0.717) is 12.2 Å². The molecule has 0 spiro atoms. The minimum Gasteiger partial charge on any atom is -0.465 e. The lowest BCUT2D eigenvalue weighted by atomic mass is 10.1. The van der Waals surface area contributed by atoms with Crippen molar-refractivity contribution in [3.05, 3.63) is 35.4 Å². The maximum atomic E-state index is 11.9. The molecule has 1 rings (SSSR count). The first-order valence-corrected chi connectivity index (χ1v) is 5.69. The maximum absolute atomic E-state index is 11.9. The summed E-state index contributed by atoms with van der Waals surface area (Å²) in [6, 6.07) is 6.59. The SMILES string of the molecule is CCOC(=O)CN(C)C(=O)c1ccc(CO)cc1. The van der Waals surface area contributed by atoms with E-state index in [9.17, 15) is 9.59 Å². The fourth-order valence-electron chi connectivity index (χ4n) is 1.45. The molecule has 1 aromatic rings. The van der Waals surface area contributed by atoms with E-state index < -0.39 is 5.97 Å². The molecule has 98 valence electrons. The number of aliphatic hydroxyl groups is 1. The Morgan fingerprint density at radius 2 is 1.89 bits per heavy atom. The number of hydrogen-bond acceptors (Lipinski definition) is 4. The lowest BCUT2D eigenvalue weighted by Crippen LogP contribution is -2.33. The van der Waals surface area contributed by atoms with Gasteiger partial charge in [0.1, 0.15) is 6.54 Å². The summed E-state index contributed by atoms with van der Waals surface area (Å²) in [4.78, 5) is 24.5.